The van der Waals surface area contributed by atoms with E-state index >= 15 is 0 Å². The lowest BCUT2D eigenvalue weighted by Gasteiger charge is -2.11. The lowest BCUT2D eigenvalue weighted by Crippen LogP contribution is -2.23. The molecule has 0 aliphatic carbocycles. The van der Waals surface area contributed by atoms with E-state index in [1.165, 1.54) is 0 Å². The second kappa shape index (κ2) is 8.98. The predicted molar refractivity (Wildman–Crippen MR) is 101 cm³/mol. The highest BCUT2D eigenvalue weighted by Crippen LogP contribution is 2.17. The SMILES string of the molecule is Cc1noc(C)c1CCC(=O)NCc1cccnc1OCc1ccccc1. The highest BCUT2D eigenvalue weighted by Gasteiger charge is 2.12. The molecule has 27 heavy (non-hydrogen) atoms. The second-order valence-electron chi connectivity index (χ2n) is 6.32. The van der Waals surface area contributed by atoms with Crippen LogP contribution >= 0.6 is 0 Å². The number of rotatable bonds is 8. The van der Waals surface area contributed by atoms with Gasteiger partial charge in [-0.3, -0.25) is 4.79 Å². The summed E-state index contributed by atoms with van der Waals surface area (Å²) < 4.78 is 11.0. The van der Waals surface area contributed by atoms with Crippen molar-refractivity contribution >= 4 is 5.91 Å². The monoisotopic (exact) mass is 365 g/mol. The molecule has 0 radical (unpaired) electrons. The fraction of sp³-hybridized carbons (Fsp3) is 0.286. The van der Waals surface area contributed by atoms with Gasteiger partial charge >= 0.3 is 0 Å². The Bertz CT molecular complexity index is 871. The number of aryl methyl sites for hydroxylation is 2. The van der Waals surface area contributed by atoms with Gasteiger partial charge in [-0.15, -0.1) is 0 Å². The van der Waals surface area contributed by atoms with Crippen molar-refractivity contribution in [1.29, 1.82) is 0 Å². The molecule has 0 unspecified atom stereocenters. The summed E-state index contributed by atoms with van der Waals surface area (Å²) in [6.45, 7) is 4.55. The van der Waals surface area contributed by atoms with Crippen LogP contribution in [0.2, 0.25) is 0 Å². The molecule has 6 nitrogen and oxygen atoms in total. The van der Waals surface area contributed by atoms with E-state index in [0.717, 1.165) is 28.1 Å². The molecule has 0 atom stereocenters. The molecule has 1 amide bonds. The van der Waals surface area contributed by atoms with Gasteiger partial charge in [-0.05, 0) is 31.9 Å². The number of amides is 1. The first kappa shape index (κ1) is 18.6. The standard InChI is InChI=1S/C21H23N3O3/c1-15-19(16(2)27-24-15)10-11-20(25)23-13-18-9-6-12-22-21(18)26-14-17-7-4-3-5-8-17/h3-9,12H,10-11,13-14H2,1-2H3,(H,23,25). The molecule has 2 aromatic heterocycles. The van der Waals surface area contributed by atoms with Crippen LogP contribution in [-0.2, 0) is 24.4 Å². The van der Waals surface area contributed by atoms with Crippen LogP contribution in [0.1, 0.15) is 34.6 Å². The van der Waals surface area contributed by atoms with Crippen LogP contribution in [-0.4, -0.2) is 16.0 Å². The molecule has 0 aliphatic rings. The van der Waals surface area contributed by atoms with Crippen molar-refractivity contribution in [1.82, 2.24) is 15.5 Å². The first-order valence-electron chi connectivity index (χ1n) is 8.92. The number of nitrogens with zero attached hydrogens (tertiary/aromatic N) is 2. The number of pyridine rings is 1. The molecule has 1 N–H and O–H groups in total. The largest absolute Gasteiger partial charge is 0.473 e. The number of hydrogen-bond acceptors (Lipinski definition) is 5. The van der Waals surface area contributed by atoms with Crippen molar-refractivity contribution in [2.24, 2.45) is 0 Å². The van der Waals surface area contributed by atoms with Crippen LogP contribution in [0.5, 0.6) is 5.88 Å². The van der Waals surface area contributed by atoms with Gasteiger partial charge in [0.05, 0.1) is 5.69 Å². The summed E-state index contributed by atoms with van der Waals surface area (Å²) >= 11 is 0. The predicted octanol–water partition coefficient (Wildman–Crippen LogP) is 3.51. The average Bonchev–Trinajstić information content (AvgIpc) is 3.02. The molecule has 3 aromatic rings. The molecule has 0 saturated heterocycles. The van der Waals surface area contributed by atoms with Crippen molar-refractivity contribution in [3.05, 3.63) is 76.8 Å². The van der Waals surface area contributed by atoms with E-state index in [1.807, 2.05) is 56.3 Å². The van der Waals surface area contributed by atoms with E-state index in [0.29, 0.717) is 31.9 Å². The molecule has 0 aliphatic heterocycles. The van der Waals surface area contributed by atoms with Gasteiger partial charge < -0.3 is 14.6 Å². The van der Waals surface area contributed by atoms with Crippen LogP contribution in [0.25, 0.3) is 0 Å². The van der Waals surface area contributed by atoms with Crippen LogP contribution < -0.4 is 10.1 Å². The van der Waals surface area contributed by atoms with E-state index in [4.69, 9.17) is 9.26 Å². The fourth-order valence-corrected chi connectivity index (χ4v) is 2.79. The Balaban J connectivity index is 1.52. The molecule has 140 valence electrons. The second-order valence-corrected chi connectivity index (χ2v) is 6.32. The van der Waals surface area contributed by atoms with Gasteiger partial charge in [0.2, 0.25) is 11.8 Å². The maximum absolute atomic E-state index is 12.2. The number of carbonyl (C=O) groups excluding carboxylic acids is 1. The molecule has 0 saturated carbocycles. The topological polar surface area (TPSA) is 77.3 Å². The maximum atomic E-state index is 12.2. The summed E-state index contributed by atoms with van der Waals surface area (Å²) in [7, 11) is 0. The van der Waals surface area contributed by atoms with E-state index < -0.39 is 0 Å². The molecule has 6 heteroatoms. The van der Waals surface area contributed by atoms with Gasteiger partial charge in [-0.1, -0.05) is 41.6 Å². The maximum Gasteiger partial charge on any atom is 0.220 e. The minimum absolute atomic E-state index is 0.0344. The van der Waals surface area contributed by atoms with Crippen molar-refractivity contribution < 1.29 is 14.1 Å². The van der Waals surface area contributed by atoms with Gasteiger partial charge in [0.25, 0.3) is 0 Å². The summed E-state index contributed by atoms with van der Waals surface area (Å²) in [5, 5.41) is 6.84. The van der Waals surface area contributed by atoms with Gasteiger partial charge in [0, 0.05) is 30.3 Å². The van der Waals surface area contributed by atoms with Crippen LogP contribution in [0, 0.1) is 13.8 Å². The van der Waals surface area contributed by atoms with E-state index in [-0.39, 0.29) is 5.91 Å². The Morgan fingerprint density at radius 1 is 1.15 bits per heavy atom. The summed E-state index contributed by atoms with van der Waals surface area (Å²) in [5.74, 6) is 1.27. The molecule has 2 heterocycles. The average molecular weight is 365 g/mol. The number of ether oxygens (including phenoxy) is 1. The van der Waals surface area contributed by atoms with Gasteiger partial charge in [0.1, 0.15) is 12.4 Å². The Hall–Kier alpha value is -3.15. The Morgan fingerprint density at radius 2 is 1.96 bits per heavy atom. The normalized spacial score (nSPS) is 10.6. The molecular weight excluding hydrogens is 342 g/mol. The lowest BCUT2D eigenvalue weighted by molar-refractivity contribution is -0.121. The third kappa shape index (κ3) is 5.17. The summed E-state index contributed by atoms with van der Waals surface area (Å²) in [4.78, 5) is 16.5. The van der Waals surface area contributed by atoms with Crippen molar-refractivity contribution in [3.8, 4) is 5.88 Å². The van der Waals surface area contributed by atoms with Crippen LogP contribution in [0.4, 0.5) is 0 Å². The molecule has 0 spiro atoms. The number of benzene rings is 1. The summed E-state index contributed by atoms with van der Waals surface area (Å²) in [5.41, 5.74) is 3.75. The summed E-state index contributed by atoms with van der Waals surface area (Å²) in [6.07, 6.45) is 2.67. The zero-order valence-corrected chi connectivity index (χ0v) is 15.6. The first-order chi connectivity index (χ1) is 13.1. The smallest absolute Gasteiger partial charge is 0.220 e. The third-order valence-electron chi connectivity index (χ3n) is 4.33. The molecular formula is C21H23N3O3. The third-order valence-corrected chi connectivity index (χ3v) is 4.33. The van der Waals surface area contributed by atoms with Crippen LogP contribution in [0.3, 0.4) is 0 Å². The summed E-state index contributed by atoms with van der Waals surface area (Å²) in [6, 6.07) is 13.6. The number of nitrogens with one attached hydrogen (secondary N) is 1. The molecule has 0 bridgehead atoms. The highest BCUT2D eigenvalue weighted by atomic mass is 16.5. The molecule has 0 fully saturated rings. The van der Waals surface area contributed by atoms with E-state index in [2.05, 4.69) is 15.5 Å². The first-order valence-corrected chi connectivity index (χ1v) is 8.92. The van der Waals surface area contributed by atoms with Gasteiger partial charge in [0.15, 0.2) is 0 Å². The Morgan fingerprint density at radius 3 is 2.70 bits per heavy atom. The zero-order chi connectivity index (χ0) is 19.1. The van der Waals surface area contributed by atoms with Gasteiger partial charge in [-0.2, -0.15) is 0 Å². The number of aromatic nitrogens is 2. The Kier molecular flexibility index (Phi) is 6.20. The van der Waals surface area contributed by atoms with Crippen molar-refractivity contribution in [3.63, 3.8) is 0 Å². The quantitative estimate of drug-likeness (QED) is 0.661. The molecule has 1 aromatic carbocycles. The highest BCUT2D eigenvalue weighted by molar-refractivity contribution is 5.76. The van der Waals surface area contributed by atoms with E-state index in [9.17, 15) is 4.79 Å². The van der Waals surface area contributed by atoms with Crippen molar-refractivity contribution in [2.45, 2.75) is 39.8 Å². The zero-order valence-electron chi connectivity index (χ0n) is 15.6. The fourth-order valence-electron chi connectivity index (χ4n) is 2.79. The van der Waals surface area contributed by atoms with Crippen LogP contribution in [0.15, 0.2) is 53.2 Å². The van der Waals surface area contributed by atoms with Gasteiger partial charge in [-0.25, -0.2) is 4.98 Å². The Labute approximate surface area is 158 Å². The van der Waals surface area contributed by atoms with Crippen molar-refractivity contribution in [2.75, 3.05) is 0 Å². The lowest BCUT2D eigenvalue weighted by atomic mass is 10.1. The minimum Gasteiger partial charge on any atom is -0.473 e. The number of carbonyl (C=O) groups is 1. The van der Waals surface area contributed by atoms with E-state index in [1.54, 1.807) is 6.20 Å². The molecule has 3 rings (SSSR count). The number of hydrogen-bond donors (Lipinski definition) is 1. The minimum atomic E-state index is -0.0344.